The normalized spacial score (nSPS) is 27.1. The third-order valence-corrected chi connectivity index (χ3v) is 4.99. The molecule has 0 aliphatic carbocycles. The number of nitrogens with two attached hydrogens (primary N) is 1. The third-order valence-electron chi connectivity index (χ3n) is 4.99. The maximum absolute atomic E-state index is 12.5. The lowest BCUT2D eigenvalue weighted by Crippen LogP contribution is -2.51. The summed E-state index contributed by atoms with van der Waals surface area (Å²) >= 11 is 0. The molecule has 0 saturated carbocycles. The Morgan fingerprint density at radius 1 is 1.39 bits per heavy atom. The molecule has 0 spiro atoms. The summed E-state index contributed by atoms with van der Waals surface area (Å²) in [5.41, 5.74) is 6.84. The molecule has 3 atom stereocenters. The Hall–Kier alpha value is -1.50. The molecule has 0 radical (unpaired) electrons. The van der Waals surface area contributed by atoms with E-state index in [2.05, 4.69) is 22.9 Å². The van der Waals surface area contributed by atoms with Crippen molar-refractivity contribution in [3.8, 4) is 0 Å². The fraction of sp³-hybridized carbons (Fsp3) is 0.647. The van der Waals surface area contributed by atoms with Crippen LogP contribution in [0.3, 0.4) is 0 Å². The monoisotopic (exact) mass is 318 g/mol. The van der Waals surface area contributed by atoms with Crippen LogP contribution in [0.4, 0.5) is 0 Å². The molecule has 1 amide bonds. The van der Waals surface area contributed by atoms with Gasteiger partial charge in [0, 0.05) is 51.2 Å². The first-order valence-electron chi connectivity index (χ1n) is 8.47. The standard InChI is InChI=1S/C17H26N4O2/c1-13(14-3-2-6-19-12-14)20-7-9-21(10-8-20)17(22)16-5-4-15(11-18)23-16/h2-3,6,12-13,15-16H,4-5,7-11,18H2,1H3/t13?,15-,16+/m1/s1. The molecule has 1 aromatic heterocycles. The Morgan fingerprint density at radius 2 is 2.17 bits per heavy atom. The van der Waals surface area contributed by atoms with Crippen molar-refractivity contribution >= 4 is 5.91 Å². The van der Waals surface area contributed by atoms with Gasteiger partial charge in [0.2, 0.25) is 0 Å². The molecule has 2 aliphatic rings. The van der Waals surface area contributed by atoms with Crippen molar-refractivity contribution in [2.75, 3.05) is 32.7 Å². The van der Waals surface area contributed by atoms with Crippen LogP contribution < -0.4 is 5.73 Å². The SMILES string of the molecule is CC(c1cccnc1)N1CCN(C(=O)[C@@H]2CC[C@H](CN)O2)CC1. The highest BCUT2D eigenvalue weighted by molar-refractivity contribution is 5.81. The summed E-state index contributed by atoms with van der Waals surface area (Å²) < 4.78 is 5.73. The van der Waals surface area contributed by atoms with Crippen molar-refractivity contribution < 1.29 is 9.53 Å². The number of pyridine rings is 1. The minimum absolute atomic E-state index is 0.0517. The number of ether oxygens (including phenoxy) is 1. The van der Waals surface area contributed by atoms with Crippen LogP contribution in [-0.2, 0) is 9.53 Å². The Bertz CT molecular complexity index is 517. The molecule has 3 heterocycles. The fourth-order valence-electron chi connectivity index (χ4n) is 3.43. The quantitative estimate of drug-likeness (QED) is 0.889. The van der Waals surface area contributed by atoms with Gasteiger partial charge in [-0.25, -0.2) is 0 Å². The number of carbonyl (C=O) groups excluding carboxylic acids is 1. The fourth-order valence-corrected chi connectivity index (χ4v) is 3.43. The molecule has 1 aromatic rings. The summed E-state index contributed by atoms with van der Waals surface area (Å²) in [5, 5.41) is 0. The number of hydrogen-bond acceptors (Lipinski definition) is 5. The zero-order valence-corrected chi connectivity index (χ0v) is 13.7. The summed E-state index contributed by atoms with van der Waals surface area (Å²) in [6.45, 7) is 5.98. The first-order chi connectivity index (χ1) is 11.2. The van der Waals surface area contributed by atoms with Crippen molar-refractivity contribution in [3.63, 3.8) is 0 Å². The van der Waals surface area contributed by atoms with Crippen molar-refractivity contribution in [3.05, 3.63) is 30.1 Å². The molecule has 2 saturated heterocycles. The van der Waals surface area contributed by atoms with E-state index >= 15 is 0 Å². The second-order valence-corrected chi connectivity index (χ2v) is 6.38. The van der Waals surface area contributed by atoms with Gasteiger partial charge >= 0.3 is 0 Å². The molecule has 1 unspecified atom stereocenters. The van der Waals surface area contributed by atoms with E-state index < -0.39 is 0 Å². The Morgan fingerprint density at radius 3 is 2.78 bits per heavy atom. The second kappa shape index (κ2) is 7.38. The smallest absolute Gasteiger partial charge is 0.251 e. The summed E-state index contributed by atoms with van der Waals surface area (Å²) in [6, 6.07) is 4.40. The predicted octanol–water partition coefficient (Wildman–Crippen LogP) is 0.793. The molecule has 3 rings (SSSR count). The van der Waals surface area contributed by atoms with Gasteiger partial charge in [0.05, 0.1) is 6.10 Å². The topological polar surface area (TPSA) is 71.7 Å². The summed E-state index contributed by atoms with van der Waals surface area (Å²) in [5.74, 6) is 0.134. The van der Waals surface area contributed by atoms with E-state index in [1.54, 1.807) is 6.20 Å². The summed E-state index contributed by atoms with van der Waals surface area (Å²) in [6.07, 6.45) is 5.17. The second-order valence-electron chi connectivity index (χ2n) is 6.38. The predicted molar refractivity (Wildman–Crippen MR) is 87.8 cm³/mol. The molecule has 23 heavy (non-hydrogen) atoms. The number of carbonyl (C=O) groups is 1. The van der Waals surface area contributed by atoms with Crippen LogP contribution in [0.5, 0.6) is 0 Å². The Kier molecular flexibility index (Phi) is 5.25. The highest BCUT2D eigenvalue weighted by atomic mass is 16.5. The Balaban J connectivity index is 1.51. The highest BCUT2D eigenvalue weighted by Gasteiger charge is 2.34. The first kappa shape index (κ1) is 16.4. The number of piperazine rings is 1. The number of amides is 1. The lowest BCUT2D eigenvalue weighted by atomic mass is 10.1. The third kappa shape index (κ3) is 3.71. The molecule has 0 aromatic carbocycles. The molecular weight excluding hydrogens is 292 g/mol. The highest BCUT2D eigenvalue weighted by Crippen LogP contribution is 2.24. The van der Waals surface area contributed by atoms with Gasteiger partial charge in [-0.1, -0.05) is 6.07 Å². The number of nitrogens with zero attached hydrogens (tertiary/aromatic N) is 3. The average molecular weight is 318 g/mol. The number of rotatable bonds is 4. The van der Waals surface area contributed by atoms with E-state index in [4.69, 9.17) is 10.5 Å². The average Bonchev–Trinajstić information content (AvgIpc) is 3.10. The van der Waals surface area contributed by atoms with Crippen LogP contribution in [0, 0.1) is 0 Å². The van der Waals surface area contributed by atoms with Gasteiger partial charge in [0.15, 0.2) is 0 Å². The van der Waals surface area contributed by atoms with E-state index in [9.17, 15) is 4.79 Å². The zero-order valence-electron chi connectivity index (χ0n) is 13.7. The summed E-state index contributed by atoms with van der Waals surface area (Å²) in [4.78, 5) is 21.1. The van der Waals surface area contributed by atoms with E-state index in [0.717, 1.165) is 39.0 Å². The van der Waals surface area contributed by atoms with E-state index in [-0.39, 0.29) is 18.1 Å². The van der Waals surface area contributed by atoms with Crippen LogP contribution in [0.25, 0.3) is 0 Å². The van der Waals surface area contributed by atoms with Crippen LogP contribution in [0.1, 0.15) is 31.4 Å². The van der Waals surface area contributed by atoms with Crippen molar-refractivity contribution in [1.82, 2.24) is 14.8 Å². The molecule has 2 aliphatic heterocycles. The van der Waals surface area contributed by atoms with Crippen molar-refractivity contribution in [2.45, 2.75) is 38.0 Å². The van der Waals surface area contributed by atoms with E-state index in [1.807, 2.05) is 17.2 Å². The van der Waals surface area contributed by atoms with Gasteiger partial charge in [-0.05, 0) is 31.4 Å². The molecule has 0 bridgehead atoms. The van der Waals surface area contributed by atoms with Crippen LogP contribution >= 0.6 is 0 Å². The van der Waals surface area contributed by atoms with E-state index in [0.29, 0.717) is 12.6 Å². The van der Waals surface area contributed by atoms with E-state index in [1.165, 1.54) is 5.56 Å². The molecule has 6 heteroatoms. The molecule has 126 valence electrons. The van der Waals surface area contributed by atoms with Gasteiger partial charge in [-0.2, -0.15) is 0 Å². The molecule has 6 nitrogen and oxygen atoms in total. The van der Waals surface area contributed by atoms with Gasteiger partial charge in [-0.3, -0.25) is 14.7 Å². The summed E-state index contributed by atoms with van der Waals surface area (Å²) in [7, 11) is 0. The molecule has 2 N–H and O–H groups in total. The van der Waals surface area contributed by atoms with Crippen LogP contribution in [0.15, 0.2) is 24.5 Å². The number of hydrogen-bond donors (Lipinski definition) is 1. The number of aromatic nitrogens is 1. The van der Waals surface area contributed by atoms with Gasteiger partial charge in [0.1, 0.15) is 6.10 Å². The zero-order chi connectivity index (χ0) is 16.2. The maximum atomic E-state index is 12.5. The lowest BCUT2D eigenvalue weighted by Gasteiger charge is -2.38. The Labute approximate surface area is 137 Å². The van der Waals surface area contributed by atoms with Crippen molar-refractivity contribution in [2.24, 2.45) is 5.73 Å². The van der Waals surface area contributed by atoms with Gasteiger partial charge < -0.3 is 15.4 Å². The van der Waals surface area contributed by atoms with Crippen LogP contribution in [-0.4, -0.2) is 65.6 Å². The molecule has 2 fully saturated rings. The lowest BCUT2D eigenvalue weighted by molar-refractivity contribution is -0.144. The minimum atomic E-state index is -0.286. The first-order valence-corrected chi connectivity index (χ1v) is 8.47. The minimum Gasteiger partial charge on any atom is -0.364 e. The van der Waals surface area contributed by atoms with Gasteiger partial charge in [0.25, 0.3) is 5.91 Å². The van der Waals surface area contributed by atoms with Crippen molar-refractivity contribution in [1.29, 1.82) is 0 Å². The van der Waals surface area contributed by atoms with Gasteiger partial charge in [-0.15, -0.1) is 0 Å². The maximum Gasteiger partial charge on any atom is 0.251 e. The molecular formula is C17H26N4O2. The van der Waals surface area contributed by atoms with Crippen LogP contribution in [0.2, 0.25) is 0 Å². The largest absolute Gasteiger partial charge is 0.364 e.